The molecule has 0 saturated heterocycles. The van der Waals surface area contributed by atoms with E-state index in [9.17, 15) is 10.2 Å². The molecule has 0 radical (unpaired) electrons. The van der Waals surface area contributed by atoms with E-state index in [1.54, 1.807) is 0 Å². The third-order valence-electron chi connectivity index (χ3n) is 6.94. The van der Waals surface area contributed by atoms with Gasteiger partial charge in [-0.3, -0.25) is 0 Å². The van der Waals surface area contributed by atoms with Crippen LogP contribution in [0.1, 0.15) is 64.2 Å². The van der Waals surface area contributed by atoms with Crippen LogP contribution >= 0.6 is 0 Å². The van der Waals surface area contributed by atoms with Crippen molar-refractivity contribution >= 4 is 50.4 Å². The molecule has 2 N–H and O–H groups in total. The fourth-order valence-electron chi connectivity index (χ4n) is 5.93. The lowest BCUT2D eigenvalue weighted by atomic mass is 9.79. The van der Waals surface area contributed by atoms with Gasteiger partial charge in [0.25, 0.3) is 0 Å². The van der Waals surface area contributed by atoms with Gasteiger partial charge < -0.3 is 26.7 Å². The lowest BCUT2D eigenvalue weighted by molar-refractivity contribution is 0.0353. The summed E-state index contributed by atoms with van der Waals surface area (Å²) in [6, 6.07) is 2.11. The number of unbranched alkanes of at least 4 members (excludes halogenated alkanes) is 6. The molecule has 0 aliphatic heterocycles. The van der Waals surface area contributed by atoms with Gasteiger partial charge in [-0.05, 0) is 117 Å². The molecule has 0 amide bonds. The molecule has 6 nitrogen and oxygen atoms in total. The average Bonchev–Trinajstić information content (AvgIpc) is 2.71. The van der Waals surface area contributed by atoms with Crippen LogP contribution in [0.3, 0.4) is 0 Å². The smallest absolute Gasteiger partial charge is 0.314 e. The van der Waals surface area contributed by atoms with Crippen LogP contribution in [0.5, 0.6) is 0 Å². The molecule has 0 rings (SSSR count). The molecule has 0 unspecified atom stereocenters. The molecule has 0 aromatic heterocycles. The second-order valence-corrected chi connectivity index (χ2v) is 42.5. The molecule has 0 fully saturated rings. The minimum absolute atomic E-state index is 0.0711. The average molecular weight is 685 g/mol. The first-order valence-electron chi connectivity index (χ1n) is 16.4. The molecule has 248 valence electrons. The van der Waals surface area contributed by atoms with Crippen LogP contribution in [0.25, 0.3) is 0 Å². The maximum Gasteiger partial charge on any atom is 0.314 e. The Labute approximate surface area is 262 Å². The topological polar surface area (TPSA) is 77.4 Å². The number of aliphatic hydroxyl groups is 2. The Hall–Kier alpha value is 1.06. The Bertz CT molecular complexity index is 621. The number of aliphatic hydroxyl groups excluding tert-OH is 2. The van der Waals surface area contributed by atoms with E-state index in [4.69, 9.17) is 16.5 Å². The highest BCUT2D eigenvalue weighted by Crippen LogP contribution is 2.33. The minimum atomic E-state index is -2.16. The molecular weight excluding hydrogens is 613 g/mol. The molecule has 0 aromatic rings. The Morgan fingerprint density at radius 1 is 0.390 bits per heavy atom. The summed E-state index contributed by atoms with van der Waals surface area (Å²) in [6.07, 6.45) is 10.7. The van der Waals surface area contributed by atoms with Crippen LogP contribution in [0.2, 0.25) is 104 Å². The molecular formula is C29H72O6Si6. The van der Waals surface area contributed by atoms with E-state index in [-0.39, 0.29) is 18.6 Å². The molecule has 0 bridgehead atoms. The van der Waals surface area contributed by atoms with Crippen LogP contribution in [-0.2, 0) is 16.5 Å². The van der Waals surface area contributed by atoms with E-state index < -0.39 is 50.4 Å². The summed E-state index contributed by atoms with van der Waals surface area (Å²) in [5, 5.41) is 20.5. The van der Waals surface area contributed by atoms with Crippen molar-refractivity contribution in [2.45, 2.75) is 168 Å². The van der Waals surface area contributed by atoms with Crippen molar-refractivity contribution in [2.24, 2.45) is 5.41 Å². The Morgan fingerprint density at radius 2 is 0.634 bits per heavy atom. The van der Waals surface area contributed by atoms with Gasteiger partial charge in [-0.15, -0.1) is 0 Å². The highest BCUT2D eigenvalue weighted by molar-refractivity contribution is 6.88. The summed E-state index contributed by atoms with van der Waals surface area (Å²) >= 11 is 0. The molecule has 0 aliphatic rings. The van der Waals surface area contributed by atoms with Crippen molar-refractivity contribution in [3.05, 3.63) is 0 Å². The Kier molecular flexibility index (Phi) is 18.1. The fourth-order valence-corrected chi connectivity index (χ4v) is 31.2. The standard InChI is InChI=1S/C29H72O6Si6/c1-36(2,3)32-40(13,33-37(4,5)6)25-21-17-15-19-23-29(27-30,28-31)24-20-16-18-22-26-41(14,34-38(7,8)9)35-39(10,11)12/h30-31H,15-28H2,1-14H3. The van der Waals surface area contributed by atoms with Gasteiger partial charge >= 0.3 is 17.1 Å². The van der Waals surface area contributed by atoms with E-state index in [0.29, 0.717) is 0 Å². The van der Waals surface area contributed by atoms with Gasteiger partial charge in [0.2, 0.25) is 0 Å². The SMILES string of the molecule is C[Si](C)(C)O[Si](C)(CCCCCCC(CO)(CO)CCCCCC[Si](C)(O[Si](C)(C)C)O[Si](C)(C)C)O[Si](C)(C)C. The van der Waals surface area contributed by atoms with Crippen molar-refractivity contribution in [3.63, 3.8) is 0 Å². The fraction of sp³-hybridized carbons (Fsp3) is 1.00. The van der Waals surface area contributed by atoms with Gasteiger partial charge in [-0.25, -0.2) is 0 Å². The third kappa shape index (κ3) is 22.3. The van der Waals surface area contributed by atoms with E-state index in [2.05, 4.69) is 91.7 Å². The zero-order valence-corrected chi connectivity index (χ0v) is 35.9. The minimum Gasteiger partial charge on any atom is -0.437 e. The van der Waals surface area contributed by atoms with E-state index >= 15 is 0 Å². The quantitative estimate of drug-likeness (QED) is 0.0779. The molecule has 0 aromatic carbocycles. The highest BCUT2D eigenvalue weighted by Gasteiger charge is 2.41. The first-order chi connectivity index (χ1) is 18.4. The normalized spacial score (nSPS) is 14.6. The molecule has 0 atom stereocenters. The predicted molar refractivity (Wildman–Crippen MR) is 193 cm³/mol. The highest BCUT2D eigenvalue weighted by atomic mass is 28.5. The summed E-state index contributed by atoms with van der Waals surface area (Å²) in [5.74, 6) is 0. The van der Waals surface area contributed by atoms with Crippen molar-refractivity contribution in [1.29, 1.82) is 0 Å². The van der Waals surface area contributed by atoms with Crippen LogP contribution in [-0.4, -0.2) is 73.8 Å². The van der Waals surface area contributed by atoms with Gasteiger partial charge in [0.15, 0.2) is 33.3 Å². The predicted octanol–water partition coefficient (Wildman–Crippen LogP) is 9.41. The first-order valence-corrected chi connectivity index (χ1v) is 35.1. The van der Waals surface area contributed by atoms with Gasteiger partial charge in [0.05, 0.1) is 13.2 Å². The Balaban J connectivity index is 4.63. The van der Waals surface area contributed by atoms with Crippen molar-refractivity contribution < 1.29 is 26.7 Å². The zero-order chi connectivity index (χ0) is 32.2. The first kappa shape index (κ1) is 42.1. The maximum atomic E-state index is 10.2. The molecule has 41 heavy (non-hydrogen) atoms. The van der Waals surface area contributed by atoms with Crippen LogP contribution in [0.15, 0.2) is 0 Å². The second-order valence-electron chi connectivity index (χ2n) is 16.8. The molecule has 0 saturated carbocycles. The summed E-state index contributed by atoms with van der Waals surface area (Å²) in [6.45, 7) is 31.8. The number of rotatable bonds is 24. The zero-order valence-electron chi connectivity index (χ0n) is 29.9. The summed E-state index contributed by atoms with van der Waals surface area (Å²) in [7, 11) is -11.0. The van der Waals surface area contributed by atoms with Crippen LogP contribution in [0.4, 0.5) is 0 Å². The lowest BCUT2D eigenvalue weighted by Crippen LogP contribution is -2.52. The molecule has 12 heteroatoms. The summed E-state index contributed by atoms with van der Waals surface area (Å²) < 4.78 is 26.6. The van der Waals surface area contributed by atoms with Gasteiger partial charge in [0, 0.05) is 5.41 Å². The van der Waals surface area contributed by atoms with E-state index in [0.717, 1.165) is 76.3 Å². The van der Waals surface area contributed by atoms with Crippen molar-refractivity contribution in [2.75, 3.05) is 13.2 Å². The third-order valence-corrected chi connectivity index (χ3v) is 26.2. The second kappa shape index (κ2) is 17.7. The number of hydrogen-bond donors (Lipinski definition) is 2. The number of hydrogen-bond acceptors (Lipinski definition) is 6. The van der Waals surface area contributed by atoms with Gasteiger partial charge in [-0.1, -0.05) is 51.4 Å². The van der Waals surface area contributed by atoms with Gasteiger partial charge in [0.1, 0.15) is 0 Å². The van der Waals surface area contributed by atoms with Gasteiger partial charge in [-0.2, -0.15) is 0 Å². The molecule has 0 aliphatic carbocycles. The largest absolute Gasteiger partial charge is 0.437 e. The van der Waals surface area contributed by atoms with Crippen LogP contribution in [0, 0.1) is 5.41 Å². The summed E-state index contributed by atoms with van der Waals surface area (Å²) in [5.41, 5.74) is -0.351. The summed E-state index contributed by atoms with van der Waals surface area (Å²) in [4.78, 5) is 0. The Morgan fingerprint density at radius 3 is 0.854 bits per heavy atom. The lowest BCUT2D eigenvalue weighted by Gasteiger charge is -2.38. The molecule has 0 spiro atoms. The van der Waals surface area contributed by atoms with Crippen LogP contribution < -0.4 is 0 Å². The van der Waals surface area contributed by atoms with E-state index in [1.165, 1.54) is 0 Å². The maximum absolute atomic E-state index is 10.2. The molecule has 0 heterocycles. The van der Waals surface area contributed by atoms with Crippen molar-refractivity contribution in [1.82, 2.24) is 0 Å². The van der Waals surface area contributed by atoms with Crippen molar-refractivity contribution in [3.8, 4) is 0 Å². The monoisotopic (exact) mass is 684 g/mol. The van der Waals surface area contributed by atoms with E-state index in [1.807, 2.05) is 0 Å².